The van der Waals surface area contributed by atoms with Gasteiger partial charge in [-0.2, -0.15) is 0 Å². The Morgan fingerprint density at radius 3 is 2.38 bits per heavy atom. The predicted octanol–water partition coefficient (Wildman–Crippen LogP) is 4.67. The van der Waals surface area contributed by atoms with Crippen LogP contribution in [0.15, 0.2) is 30.3 Å². The molecule has 0 spiro atoms. The van der Waals surface area contributed by atoms with Gasteiger partial charge in [-0.05, 0) is 42.3 Å². The molecule has 2 aromatic carbocycles. The van der Waals surface area contributed by atoms with Crippen molar-refractivity contribution >= 4 is 46.4 Å². The molecule has 0 bridgehead atoms. The van der Waals surface area contributed by atoms with Gasteiger partial charge in [0, 0.05) is 12.1 Å². The highest BCUT2D eigenvalue weighted by atomic mass is 35.5. The topological polar surface area (TPSA) is 55.1 Å². The fourth-order valence-corrected chi connectivity index (χ4v) is 2.51. The Kier molecular flexibility index (Phi) is 4.99. The summed E-state index contributed by atoms with van der Waals surface area (Å²) >= 11 is 18.0. The van der Waals surface area contributed by atoms with Crippen molar-refractivity contribution in [3.05, 3.63) is 62.1 Å². The van der Waals surface area contributed by atoms with E-state index >= 15 is 0 Å². The maximum Gasteiger partial charge on any atom is 0.248 e. The average molecular weight is 344 g/mol. The Morgan fingerprint density at radius 2 is 1.76 bits per heavy atom. The van der Waals surface area contributed by atoms with Gasteiger partial charge < -0.3 is 11.1 Å². The molecule has 0 saturated heterocycles. The van der Waals surface area contributed by atoms with Crippen molar-refractivity contribution in [2.45, 2.75) is 13.5 Å². The largest absolute Gasteiger partial charge is 0.380 e. The standard InChI is InChI=1S/C15H13Cl3N2O/c1-8-4-9(15(19)21)2-3-10(8)7-20-14-6-12(17)11(16)5-13(14)18/h2-6,20H,7H2,1H3,(H2,19,21). The lowest BCUT2D eigenvalue weighted by Crippen LogP contribution is -2.11. The number of nitrogens with two attached hydrogens (primary N) is 1. The number of amides is 1. The molecule has 0 radical (unpaired) electrons. The van der Waals surface area contributed by atoms with E-state index in [1.807, 2.05) is 13.0 Å². The number of halogens is 3. The molecular weight excluding hydrogens is 331 g/mol. The molecule has 0 unspecified atom stereocenters. The van der Waals surface area contributed by atoms with Crippen molar-refractivity contribution in [1.82, 2.24) is 0 Å². The summed E-state index contributed by atoms with van der Waals surface area (Å²) in [6, 6.07) is 8.59. The smallest absolute Gasteiger partial charge is 0.248 e. The second-order valence-electron chi connectivity index (χ2n) is 4.61. The lowest BCUT2D eigenvalue weighted by molar-refractivity contribution is 0.1000. The maximum atomic E-state index is 11.1. The van der Waals surface area contributed by atoms with Gasteiger partial charge in [0.2, 0.25) is 5.91 Å². The molecule has 0 saturated carbocycles. The third-order valence-corrected chi connectivity index (χ3v) is 4.14. The second-order valence-corrected chi connectivity index (χ2v) is 5.83. The molecule has 1 amide bonds. The number of hydrogen-bond acceptors (Lipinski definition) is 2. The normalized spacial score (nSPS) is 10.5. The molecule has 3 nitrogen and oxygen atoms in total. The fourth-order valence-electron chi connectivity index (χ4n) is 1.90. The number of carbonyl (C=O) groups excluding carboxylic acids is 1. The Bertz CT molecular complexity index is 702. The van der Waals surface area contributed by atoms with Crippen molar-refractivity contribution < 1.29 is 4.79 Å². The zero-order chi connectivity index (χ0) is 15.6. The molecule has 110 valence electrons. The zero-order valence-electron chi connectivity index (χ0n) is 11.2. The lowest BCUT2D eigenvalue weighted by atomic mass is 10.0. The lowest BCUT2D eigenvalue weighted by Gasteiger charge is -2.12. The van der Waals surface area contributed by atoms with Crippen LogP contribution in [-0.4, -0.2) is 5.91 Å². The van der Waals surface area contributed by atoms with Gasteiger partial charge in [0.05, 0.1) is 20.8 Å². The summed E-state index contributed by atoms with van der Waals surface area (Å²) < 4.78 is 0. The second kappa shape index (κ2) is 6.56. The number of nitrogens with one attached hydrogen (secondary N) is 1. The van der Waals surface area contributed by atoms with Crippen LogP contribution in [0, 0.1) is 6.92 Å². The maximum absolute atomic E-state index is 11.1. The van der Waals surface area contributed by atoms with E-state index in [-0.39, 0.29) is 0 Å². The first-order valence-electron chi connectivity index (χ1n) is 6.16. The van der Waals surface area contributed by atoms with Crippen molar-refractivity contribution in [2.75, 3.05) is 5.32 Å². The van der Waals surface area contributed by atoms with E-state index in [2.05, 4.69) is 5.32 Å². The summed E-state index contributed by atoms with van der Waals surface area (Å²) in [5.41, 5.74) is 8.43. The first-order chi connectivity index (χ1) is 9.88. The van der Waals surface area contributed by atoms with Crippen LogP contribution in [0.25, 0.3) is 0 Å². The minimum atomic E-state index is -0.440. The van der Waals surface area contributed by atoms with E-state index in [0.717, 1.165) is 11.1 Å². The van der Waals surface area contributed by atoms with Crippen LogP contribution in [0.2, 0.25) is 15.1 Å². The van der Waals surface area contributed by atoms with Crippen LogP contribution in [-0.2, 0) is 6.54 Å². The van der Waals surface area contributed by atoms with E-state index in [9.17, 15) is 4.79 Å². The highest BCUT2D eigenvalue weighted by molar-refractivity contribution is 6.44. The van der Waals surface area contributed by atoms with Crippen LogP contribution < -0.4 is 11.1 Å². The molecule has 0 aliphatic carbocycles. The first kappa shape index (κ1) is 16.0. The molecule has 2 rings (SSSR count). The number of anilines is 1. The van der Waals surface area contributed by atoms with Gasteiger partial charge in [0.1, 0.15) is 0 Å². The van der Waals surface area contributed by atoms with E-state index in [1.54, 1.807) is 24.3 Å². The summed E-state index contributed by atoms with van der Waals surface area (Å²) in [5, 5.41) is 4.54. The number of rotatable bonds is 4. The Morgan fingerprint density at radius 1 is 1.10 bits per heavy atom. The number of aryl methyl sites for hydroxylation is 1. The minimum Gasteiger partial charge on any atom is -0.380 e. The molecule has 0 aliphatic heterocycles. The van der Waals surface area contributed by atoms with Gasteiger partial charge in [-0.15, -0.1) is 0 Å². The van der Waals surface area contributed by atoms with Gasteiger partial charge in [-0.1, -0.05) is 40.9 Å². The van der Waals surface area contributed by atoms with Crippen molar-refractivity contribution in [1.29, 1.82) is 0 Å². The van der Waals surface area contributed by atoms with E-state index in [1.165, 1.54) is 0 Å². The SMILES string of the molecule is Cc1cc(C(N)=O)ccc1CNc1cc(Cl)c(Cl)cc1Cl. The molecule has 21 heavy (non-hydrogen) atoms. The average Bonchev–Trinajstić information content (AvgIpc) is 2.42. The highest BCUT2D eigenvalue weighted by Gasteiger charge is 2.08. The molecule has 2 aromatic rings. The minimum absolute atomic E-state index is 0.411. The zero-order valence-corrected chi connectivity index (χ0v) is 13.5. The summed E-state index contributed by atoms with van der Waals surface area (Å²) in [6.07, 6.45) is 0. The van der Waals surface area contributed by atoms with E-state index in [4.69, 9.17) is 40.5 Å². The van der Waals surface area contributed by atoms with Crippen LogP contribution in [0.3, 0.4) is 0 Å². The third kappa shape index (κ3) is 3.82. The summed E-state index contributed by atoms with van der Waals surface area (Å²) in [7, 11) is 0. The summed E-state index contributed by atoms with van der Waals surface area (Å²) in [4.78, 5) is 11.1. The molecule has 0 aliphatic rings. The molecule has 0 heterocycles. The Balaban J connectivity index is 2.17. The van der Waals surface area contributed by atoms with Crippen molar-refractivity contribution in [3.63, 3.8) is 0 Å². The van der Waals surface area contributed by atoms with Crippen molar-refractivity contribution in [3.8, 4) is 0 Å². The molecule has 3 N–H and O–H groups in total. The van der Waals surface area contributed by atoms with E-state index < -0.39 is 5.91 Å². The first-order valence-corrected chi connectivity index (χ1v) is 7.29. The quantitative estimate of drug-likeness (QED) is 0.793. The monoisotopic (exact) mass is 342 g/mol. The molecule has 0 aromatic heterocycles. The van der Waals surface area contributed by atoms with Gasteiger partial charge in [-0.3, -0.25) is 4.79 Å². The highest BCUT2D eigenvalue weighted by Crippen LogP contribution is 2.32. The Hall–Kier alpha value is -1.42. The fraction of sp³-hybridized carbons (Fsp3) is 0.133. The van der Waals surface area contributed by atoms with Gasteiger partial charge >= 0.3 is 0 Å². The van der Waals surface area contributed by atoms with Crippen LogP contribution in [0.5, 0.6) is 0 Å². The molecular formula is C15H13Cl3N2O. The van der Waals surface area contributed by atoms with Gasteiger partial charge in [0.15, 0.2) is 0 Å². The number of hydrogen-bond donors (Lipinski definition) is 2. The molecule has 0 atom stereocenters. The summed E-state index contributed by atoms with van der Waals surface area (Å²) in [5.74, 6) is -0.440. The molecule has 0 fully saturated rings. The summed E-state index contributed by atoms with van der Waals surface area (Å²) in [6.45, 7) is 2.46. The predicted molar refractivity (Wildman–Crippen MR) is 88.5 cm³/mol. The van der Waals surface area contributed by atoms with Gasteiger partial charge in [-0.25, -0.2) is 0 Å². The number of carbonyl (C=O) groups is 1. The van der Waals surface area contributed by atoms with E-state index in [0.29, 0.717) is 32.9 Å². The van der Waals surface area contributed by atoms with Crippen LogP contribution >= 0.6 is 34.8 Å². The number of benzene rings is 2. The van der Waals surface area contributed by atoms with Gasteiger partial charge in [0.25, 0.3) is 0 Å². The van der Waals surface area contributed by atoms with Crippen molar-refractivity contribution in [2.24, 2.45) is 5.73 Å². The third-order valence-electron chi connectivity index (χ3n) is 3.11. The van der Waals surface area contributed by atoms with Crippen LogP contribution in [0.4, 0.5) is 5.69 Å². The molecule has 6 heteroatoms. The number of primary amides is 1. The Labute approximate surface area is 138 Å². The van der Waals surface area contributed by atoms with Crippen LogP contribution in [0.1, 0.15) is 21.5 Å².